The summed E-state index contributed by atoms with van der Waals surface area (Å²) in [5.41, 5.74) is 0. The van der Waals surface area contributed by atoms with Crippen LogP contribution in [0.15, 0.2) is 0 Å². The molecule has 4 heteroatoms. The van der Waals surface area contributed by atoms with Gasteiger partial charge in [0.1, 0.15) is 0 Å². The lowest BCUT2D eigenvalue weighted by atomic mass is 10.0. The largest absolute Gasteiger partial charge is 0.338 e. The molecule has 0 spiro atoms. The minimum absolute atomic E-state index is 0.335. The first-order valence-electron chi connectivity index (χ1n) is 5.59. The van der Waals surface area contributed by atoms with Gasteiger partial charge >= 0.3 is 0 Å². The maximum absolute atomic E-state index is 11.8. The molecule has 0 bridgehead atoms. The van der Waals surface area contributed by atoms with Crippen molar-refractivity contribution in [3.05, 3.63) is 0 Å². The number of hydrogen-bond acceptors (Lipinski definition) is 3. The van der Waals surface area contributed by atoms with Gasteiger partial charge in [0.05, 0.1) is 0 Å². The Bertz CT molecular complexity index is 202. The Labute approximate surface area is 85.0 Å². The first kappa shape index (κ1) is 9.93. The van der Waals surface area contributed by atoms with Crippen molar-refractivity contribution >= 4 is 5.91 Å². The Morgan fingerprint density at radius 3 is 2.57 bits per heavy atom. The summed E-state index contributed by atoms with van der Waals surface area (Å²) in [6.07, 6.45) is 2.90. The molecule has 0 unspecified atom stereocenters. The van der Waals surface area contributed by atoms with Gasteiger partial charge < -0.3 is 15.5 Å². The predicted molar refractivity (Wildman–Crippen MR) is 55.1 cm³/mol. The molecule has 2 fully saturated rings. The van der Waals surface area contributed by atoms with E-state index in [-0.39, 0.29) is 0 Å². The third-order valence-electron chi connectivity index (χ3n) is 3.11. The average Bonchev–Trinajstić information content (AvgIpc) is 2.44. The summed E-state index contributed by atoms with van der Waals surface area (Å²) in [5.74, 6) is 0.335. The van der Waals surface area contributed by atoms with E-state index in [1.54, 1.807) is 0 Å². The van der Waals surface area contributed by atoms with Crippen molar-refractivity contribution in [1.82, 2.24) is 15.5 Å². The number of piperidine rings is 1. The van der Waals surface area contributed by atoms with Gasteiger partial charge in [-0.3, -0.25) is 4.79 Å². The van der Waals surface area contributed by atoms with E-state index in [0.29, 0.717) is 18.4 Å². The first-order chi connectivity index (χ1) is 6.88. The van der Waals surface area contributed by atoms with E-state index in [4.69, 9.17) is 0 Å². The van der Waals surface area contributed by atoms with Gasteiger partial charge in [0.15, 0.2) is 0 Å². The van der Waals surface area contributed by atoms with Crippen LogP contribution in [0.5, 0.6) is 0 Å². The lowest BCUT2D eigenvalue weighted by Gasteiger charge is -2.33. The van der Waals surface area contributed by atoms with Gasteiger partial charge in [-0.05, 0) is 25.9 Å². The van der Waals surface area contributed by atoms with E-state index in [2.05, 4.69) is 15.5 Å². The van der Waals surface area contributed by atoms with Crippen LogP contribution < -0.4 is 10.6 Å². The van der Waals surface area contributed by atoms with Crippen molar-refractivity contribution in [2.75, 3.05) is 32.7 Å². The molecule has 0 aliphatic carbocycles. The Hall–Kier alpha value is -0.610. The highest BCUT2D eigenvalue weighted by atomic mass is 16.2. The van der Waals surface area contributed by atoms with Gasteiger partial charge in [-0.15, -0.1) is 0 Å². The summed E-state index contributed by atoms with van der Waals surface area (Å²) in [4.78, 5) is 13.9. The lowest BCUT2D eigenvalue weighted by Crippen LogP contribution is -2.46. The molecule has 2 saturated heterocycles. The molecule has 0 aromatic carbocycles. The van der Waals surface area contributed by atoms with Gasteiger partial charge in [-0.25, -0.2) is 0 Å². The van der Waals surface area contributed by atoms with Crippen molar-refractivity contribution < 1.29 is 4.79 Å². The quantitative estimate of drug-likeness (QED) is 0.599. The Morgan fingerprint density at radius 1 is 1.07 bits per heavy atom. The monoisotopic (exact) mass is 197 g/mol. The number of carbonyl (C=O) groups excluding carboxylic acids is 1. The summed E-state index contributed by atoms with van der Waals surface area (Å²) in [5, 5.41) is 6.60. The summed E-state index contributed by atoms with van der Waals surface area (Å²) >= 11 is 0. The van der Waals surface area contributed by atoms with Crippen LogP contribution in [-0.4, -0.2) is 49.6 Å². The summed E-state index contributed by atoms with van der Waals surface area (Å²) in [6.45, 7) is 4.81. The van der Waals surface area contributed by atoms with Crippen LogP contribution >= 0.6 is 0 Å². The molecule has 0 aromatic heterocycles. The van der Waals surface area contributed by atoms with Crippen LogP contribution in [0.2, 0.25) is 0 Å². The summed E-state index contributed by atoms with van der Waals surface area (Å²) < 4.78 is 0. The Morgan fingerprint density at radius 2 is 1.79 bits per heavy atom. The molecule has 14 heavy (non-hydrogen) atoms. The fourth-order valence-electron chi connectivity index (χ4n) is 2.29. The van der Waals surface area contributed by atoms with Crippen molar-refractivity contribution in [2.24, 2.45) is 0 Å². The van der Waals surface area contributed by atoms with Gasteiger partial charge in [-0.2, -0.15) is 0 Å². The first-order valence-corrected chi connectivity index (χ1v) is 5.59. The number of amides is 1. The third-order valence-corrected chi connectivity index (χ3v) is 3.11. The fraction of sp³-hybridized carbons (Fsp3) is 0.900. The molecule has 2 heterocycles. The third kappa shape index (κ3) is 2.25. The zero-order valence-electron chi connectivity index (χ0n) is 8.59. The van der Waals surface area contributed by atoms with Gasteiger partial charge in [-0.1, -0.05) is 0 Å². The molecule has 0 atom stereocenters. The van der Waals surface area contributed by atoms with E-state index in [1.165, 1.54) is 0 Å². The van der Waals surface area contributed by atoms with Gasteiger partial charge in [0, 0.05) is 32.1 Å². The number of nitrogens with zero attached hydrogens (tertiary/aromatic N) is 1. The highest BCUT2D eigenvalue weighted by Crippen LogP contribution is 2.13. The molecule has 2 aliphatic rings. The van der Waals surface area contributed by atoms with Gasteiger partial charge in [0.25, 0.3) is 0 Å². The molecule has 80 valence electrons. The van der Waals surface area contributed by atoms with Gasteiger partial charge in [0.2, 0.25) is 5.91 Å². The van der Waals surface area contributed by atoms with Crippen molar-refractivity contribution in [2.45, 2.75) is 25.3 Å². The molecular formula is C10H19N3O. The van der Waals surface area contributed by atoms with E-state index < -0.39 is 0 Å². The van der Waals surface area contributed by atoms with E-state index in [1.807, 2.05) is 0 Å². The maximum atomic E-state index is 11.8. The fourth-order valence-corrected chi connectivity index (χ4v) is 2.29. The zero-order chi connectivity index (χ0) is 9.80. The second-order valence-electron chi connectivity index (χ2n) is 4.07. The molecule has 2 N–H and O–H groups in total. The van der Waals surface area contributed by atoms with E-state index >= 15 is 0 Å². The summed E-state index contributed by atoms with van der Waals surface area (Å²) in [6, 6.07) is 0.489. The molecule has 0 aromatic rings. The summed E-state index contributed by atoms with van der Waals surface area (Å²) in [7, 11) is 0. The molecule has 0 saturated carbocycles. The molecule has 2 rings (SSSR count). The Kier molecular flexibility index (Phi) is 3.37. The van der Waals surface area contributed by atoms with Crippen molar-refractivity contribution in [3.63, 3.8) is 0 Å². The minimum atomic E-state index is 0.335. The molecule has 4 nitrogen and oxygen atoms in total. The normalized spacial score (nSPS) is 26.3. The number of nitrogens with one attached hydrogen (secondary N) is 2. The Balaban J connectivity index is 1.95. The maximum Gasteiger partial charge on any atom is 0.224 e. The average molecular weight is 197 g/mol. The van der Waals surface area contributed by atoms with Crippen LogP contribution in [0.1, 0.15) is 19.3 Å². The van der Waals surface area contributed by atoms with Crippen LogP contribution in [0.3, 0.4) is 0 Å². The smallest absolute Gasteiger partial charge is 0.224 e. The van der Waals surface area contributed by atoms with Crippen molar-refractivity contribution in [3.8, 4) is 0 Å². The number of carbonyl (C=O) groups is 1. The molecule has 2 aliphatic heterocycles. The number of hydrogen-bond donors (Lipinski definition) is 2. The second-order valence-corrected chi connectivity index (χ2v) is 4.07. The number of rotatable bonds is 1. The zero-order valence-corrected chi connectivity index (χ0v) is 8.59. The highest BCUT2D eigenvalue weighted by Gasteiger charge is 2.25. The minimum Gasteiger partial charge on any atom is -0.338 e. The molecular weight excluding hydrogens is 178 g/mol. The highest BCUT2D eigenvalue weighted by molar-refractivity contribution is 5.77. The lowest BCUT2D eigenvalue weighted by molar-refractivity contribution is -0.133. The SMILES string of the molecule is O=C1CCNCCN1C1CCNCC1. The topological polar surface area (TPSA) is 44.4 Å². The van der Waals surface area contributed by atoms with E-state index in [0.717, 1.165) is 45.6 Å². The van der Waals surface area contributed by atoms with Crippen LogP contribution in [0.4, 0.5) is 0 Å². The van der Waals surface area contributed by atoms with Crippen LogP contribution in [0.25, 0.3) is 0 Å². The van der Waals surface area contributed by atoms with Crippen LogP contribution in [-0.2, 0) is 4.79 Å². The van der Waals surface area contributed by atoms with Crippen molar-refractivity contribution in [1.29, 1.82) is 0 Å². The predicted octanol–water partition coefficient (Wildman–Crippen LogP) is -0.440. The van der Waals surface area contributed by atoms with Crippen LogP contribution in [0, 0.1) is 0 Å². The molecule has 0 radical (unpaired) electrons. The van der Waals surface area contributed by atoms with E-state index in [9.17, 15) is 4.79 Å². The second kappa shape index (κ2) is 4.75. The molecule has 1 amide bonds. The standard InChI is InChI=1S/C10H19N3O/c14-10-3-6-12-7-8-13(10)9-1-4-11-5-2-9/h9,11-12H,1-8H2.